The summed E-state index contributed by atoms with van der Waals surface area (Å²) in [4.78, 5) is 0. The number of unbranched alkanes of at least 4 members (excludes halogenated alkanes) is 1. The smallest absolute Gasteiger partial charge is 0.0629 e. The number of aliphatic hydroxyl groups is 3. The molecule has 0 aromatic carbocycles. The van der Waals surface area contributed by atoms with Gasteiger partial charge in [0.05, 0.1) is 31.8 Å². The average Bonchev–Trinajstić information content (AvgIpc) is 2.73. The lowest BCUT2D eigenvalue weighted by Crippen LogP contribution is -2.38. The van der Waals surface area contributed by atoms with Crippen LogP contribution in [0.1, 0.15) is 86.0 Å². The topological polar surface area (TPSA) is 69.9 Å². The monoisotopic (exact) mass is 436 g/mol. The van der Waals surface area contributed by atoms with Crippen molar-refractivity contribution in [2.45, 2.75) is 86.0 Å². The molecule has 0 heterocycles. The van der Waals surface area contributed by atoms with E-state index in [1.807, 2.05) is 0 Å². The van der Waals surface area contributed by atoms with Gasteiger partial charge < -0.3 is 20.1 Å². The SMILES string of the molecule is CC(C)=CCCC(C)=CCCC(C)=CCCC(C)=CCCCOCC(CO)(CO)CO. The number of aliphatic hydroxyl groups excluding tert-OH is 3. The van der Waals surface area contributed by atoms with Gasteiger partial charge in [0.1, 0.15) is 0 Å². The summed E-state index contributed by atoms with van der Waals surface area (Å²) in [5, 5.41) is 27.8. The lowest BCUT2D eigenvalue weighted by Gasteiger charge is -2.26. The molecule has 0 aliphatic rings. The minimum Gasteiger partial charge on any atom is -0.396 e. The van der Waals surface area contributed by atoms with E-state index in [0.717, 1.165) is 51.4 Å². The summed E-state index contributed by atoms with van der Waals surface area (Å²) < 4.78 is 5.53. The number of allylic oxidation sites excluding steroid dienone is 8. The van der Waals surface area contributed by atoms with Gasteiger partial charge in [0.15, 0.2) is 0 Å². The Bertz CT molecular complexity index is 568. The molecule has 0 aliphatic carbocycles. The molecule has 0 bridgehead atoms. The van der Waals surface area contributed by atoms with Crippen LogP contribution in [0.4, 0.5) is 0 Å². The molecule has 0 saturated heterocycles. The first-order valence-corrected chi connectivity index (χ1v) is 11.8. The minimum atomic E-state index is -0.935. The van der Waals surface area contributed by atoms with Crippen molar-refractivity contribution in [2.75, 3.05) is 33.0 Å². The van der Waals surface area contributed by atoms with Crippen molar-refractivity contribution in [3.63, 3.8) is 0 Å². The van der Waals surface area contributed by atoms with E-state index in [9.17, 15) is 15.3 Å². The highest BCUT2D eigenvalue weighted by atomic mass is 16.5. The van der Waals surface area contributed by atoms with E-state index >= 15 is 0 Å². The lowest BCUT2D eigenvalue weighted by atomic mass is 9.93. The molecule has 4 nitrogen and oxygen atoms in total. The molecule has 0 radical (unpaired) electrons. The predicted octanol–water partition coefficient (Wildman–Crippen LogP) is 5.89. The molecule has 3 N–H and O–H groups in total. The van der Waals surface area contributed by atoms with Gasteiger partial charge in [0.2, 0.25) is 0 Å². The number of rotatable bonds is 18. The average molecular weight is 437 g/mol. The summed E-state index contributed by atoms with van der Waals surface area (Å²) in [6.45, 7) is 10.8. The Hall–Kier alpha value is -1.20. The fourth-order valence-corrected chi connectivity index (χ4v) is 3.10. The fraction of sp³-hybridized carbons (Fsp3) is 0.704. The molecule has 4 heteroatoms. The van der Waals surface area contributed by atoms with E-state index in [2.05, 4.69) is 58.9 Å². The Morgan fingerprint density at radius 2 is 1.06 bits per heavy atom. The maximum atomic E-state index is 9.27. The third-order valence-corrected chi connectivity index (χ3v) is 5.55. The molecular weight excluding hydrogens is 388 g/mol. The third kappa shape index (κ3) is 16.1. The Labute approximate surface area is 191 Å². The first-order valence-electron chi connectivity index (χ1n) is 11.8. The van der Waals surface area contributed by atoms with Crippen LogP contribution in [0.5, 0.6) is 0 Å². The van der Waals surface area contributed by atoms with Crippen LogP contribution in [0.2, 0.25) is 0 Å². The van der Waals surface area contributed by atoms with E-state index in [0.29, 0.717) is 6.61 Å². The van der Waals surface area contributed by atoms with Gasteiger partial charge in [0, 0.05) is 6.61 Å². The van der Waals surface area contributed by atoms with E-state index in [1.165, 1.54) is 22.3 Å². The quantitative estimate of drug-likeness (QED) is 0.185. The highest BCUT2D eigenvalue weighted by Crippen LogP contribution is 2.16. The molecule has 0 fully saturated rings. The third-order valence-electron chi connectivity index (χ3n) is 5.55. The highest BCUT2D eigenvalue weighted by molar-refractivity contribution is 5.07. The molecule has 0 aromatic heterocycles. The van der Waals surface area contributed by atoms with Gasteiger partial charge >= 0.3 is 0 Å². The predicted molar refractivity (Wildman–Crippen MR) is 132 cm³/mol. The largest absolute Gasteiger partial charge is 0.396 e. The molecular formula is C27H48O4. The first kappa shape index (κ1) is 29.8. The van der Waals surface area contributed by atoms with Gasteiger partial charge in [0.25, 0.3) is 0 Å². The molecule has 0 aliphatic heterocycles. The highest BCUT2D eigenvalue weighted by Gasteiger charge is 2.28. The second-order valence-electron chi connectivity index (χ2n) is 9.22. The van der Waals surface area contributed by atoms with E-state index in [1.54, 1.807) is 0 Å². The van der Waals surface area contributed by atoms with Crippen LogP contribution in [-0.4, -0.2) is 48.4 Å². The number of hydrogen-bond donors (Lipinski definition) is 3. The molecule has 0 atom stereocenters. The van der Waals surface area contributed by atoms with Crippen LogP contribution >= 0.6 is 0 Å². The summed E-state index contributed by atoms with van der Waals surface area (Å²) in [7, 11) is 0. The summed E-state index contributed by atoms with van der Waals surface area (Å²) in [5.74, 6) is 0. The van der Waals surface area contributed by atoms with Crippen LogP contribution in [0, 0.1) is 5.41 Å². The molecule has 0 unspecified atom stereocenters. The summed E-state index contributed by atoms with van der Waals surface area (Å²) in [5.41, 5.74) is 4.82. The summed E-state index contributed by atoms with van der Waals surface area (Å²) in [6, 6.07) is 0. The van der Waals surface area contributed by atoms with Crippen molar-refractivity contribution in [1.29, 1.82) is 0 Å². The Kier molecular flexibility index (Phi) is 17.7. The maximum absolute atomic E-state index is 9.27. The molecule has 0 amide bonds. The van der Waals surface area contributed by atoms with Crippen LogP contribution < -0.4 is 0 Å². The van der Waals surface area contributed by atoms with Gasteiger partial charge in [-0.2, -0.15) is 0 Å². The maximum Gasteiger partial charge on any atom is 0.0629 e. The van der Waals surface area contributed by atoms with Crippen molar-refractivity contribution in [2.24, 2.45) is 5.41 Å². The van der Waals surface area contributed by atoms with Crippen LogP contribution in [-0.2, 0) is 4.74 Å². The van der Waals surface area contributed by atoms with E-state index in [4.69, 9.17) is 4.74 Å². The zero-order chi connectivity index (χ0) is 23.5. The fourth-order valence-electron chi connectivity index (χ4n) is 3.10. The normalized spacial score (nSPS) is 13.6. The van der Waals surface area contributed by atoms with Gasteiger partial charge in [-0.25, -0.2) is 0 Å². The van der Waals surface area contributed by atoms with Crippen molar-refractivity contribution in [3.8, 4) is 0 Å². The minimum absolute atomic E-state index is 0.174. The van der Waals surface area contributed by atoms with Crippen LogP contribution in [0.15, 0.2) is 46.6 Å². The Morgan fingerprint density at radius 3 is 1.48 bits per heavy atom. The number of ether oxygens (including phenoxy) is 1. The van der Waals surface area contributed by atoms with E-state index < -0.39 is 5.41 Å². The van der Waals surface area contributed by atoms with Crippen molar-refractivity contribution in [3.05, 3.63) is 46.6 Å². The Balaban J connectivity index is 3.99. The van der Waals surface area contributed by atoms with Crippen molar-refractivity contribution < 1.29 is 20.1 Å². The van der Waals surface area contributed by atoms with Crippen molar-refractivity contribution >= 4 is 0 Å². The van der Waals surface area contributed by atoms with Crippen molar-refractivity contribution in [1.82, 2.24) is 0 Å². The zero-order valence-corrected chi connectivity index (χ0v) is 20.8. The Morgan fingerprint density at radius 1 is 0.645 bits per heavy atom. The second-order valence-corrected chi connectivity index (χ2v) is 9.22. The zero-order valence-electron chi connectivity index (χ0n) is 20.8. The van der Waals surface area contributed by atoms with Crippen LogP contribution in [0.25, 0.3) is 0 Å². The second kappa shape index (κ2) is 18.4. The lowest BCUT2D eigenvalue weighted by molar-refractivity contribution is -0.0579. The van der Waals surface area contributed by atoms with Gasteiger partial charge in [-0.05, 0) is 86.0 Å². The molecule has 0 rings (SSSR count). The molecule has 0 spiro atoms. The first-order chi connectivity index (χ1) is 14.8. The molecule has 0 aromatic rings. The standard InChI is InChI=1S/C27H48O4/c1-23(2)11-8-13-25(4)15-10-17-26(5)16-9-14-24(3)12-6-7-18-31-22-27(19-28,20-29)21-30/h11-12,15-16,28-30H,6-10,13-14,17-22H2,1-5H3. The van der Waals surface area contributed by atoms with E-state index in [-0.39, 0.29) is 26.4 Å². The molecule has 0 saturated carbocycles. The summed E-state index contributed by atoms with van der Waals surface area (Å²) >= 11 is 0. The molecule has 180 valence electrons. The van der Waals surface area contributed by atoms with Gasteiger partial charge in [-0.3, -0.25) is 0 Å². The molecule has 31 heavy (non-hydrogen) atoms. The van der Waals surface area contributed by atoms with Gasteiger partial charge in [-0.1, -0.05) is 46.6 Å². The summed E-state index contributed by atoms with van der Waals surface area (Å²) in [6.07, 6.45) is 17.9. The van der Waals surface area contributed by atoms with Crippen LogP contribution in [0.3, 0.4) is 0 Å². The number of hydrogen-bond acceptors (Lipinski definition) is 4. The van der Waals surface area contributed by atoms with Gasteiger partial charge in [-0.15, -0.1) is 0 Å².